The summed E-state index contributed by atoms with van der Waals surface area (Å²) in [6.45, 7) is 2.80. The smallest absolute Gasteiger partial charge is 0.254 e. The Balaban J connectivity index is 2.43. The quantitative estimate of drug-likeness (QED) is 0.814. The van der Waals surface area contributed by atoms with Gasteiger partial charge in [-0.25, -0.2) is 12.7 Å². The van der Waals surface area contributed by atoms with Gasteiger partial charge in [0.15, 0.2) is 0 Å². The number of piperidine rings is 1. The Morgan fingerprint density at radius 1 is 1.33 bits per heavy atom. The van der Waals surface area contributed by atoms with Crippen molar-refractivity contribution in [3.8, 4) is 5.75 Å². The molecule has 1 atom stereocenters. The summed E-state index contributed by atoms with van der Waals surface area (Å²) in [6, 6.07) is 4.84. The fraction of sp³-hybridized carbons (Fsp3) is 0.588. The van der Waals surface area contributed by atoms with Crippen LogP contribution in [0.25, 0.3) is 0 Å². The number of sulfonamides is 1. The molecule has 0 aliphatic carbocycles. The lowest BCUT2D eigenvalue weighted by Gasteiger charge is -2.35. The lowest BCUT2D eigenvalue weighted by Crippen LogP contribution is -2.43. The van der Waals surface area contributed by atoms with Crippen molar-refractivity contribution in [3.05, 3.63) is 23.8 Å². The van der Waals surface area contributed by atoms with Crippen molar-refractivity contribution in [2.24, 2.45) is 0 Å². The van der Waals surface area contributed by atoms with E-state index in [1.807, 2.05) is 4.90 Å². The molecular weight excluding hydrogens is 328 g/mol. The van der Waals surface area contributed by atoms with Gasteiger partial charge < -0.3 is 9.64 Å². The average Bonchev–Trinajstić information content (AvgIpc) is 2.60. The predicted molar refractivity (Wildman–Crippen MR) is 92.8 cm³/mol. The Bertz CT molecular complexity index is 701. The second kappa shape index (κ2) is 7.53. The van der Waals surface area contributed by atoms with Crippen LogP contribution < -0.4 is 4.74 Å². The van der Waals surface area contributed by atoms with Crippen molar-refractivity contribution in [3.63, 3.8) is 0 Å². The number of amides is 1. The molecule has 1 amide bonds. The van der Waals surface area contributed by atoms with Crippen LogP contribution in [0.4, 0.5) is 0 Å². The minimum Gasteiger partial charge on any atom is -0.495 e. The first-order chi connectivity index (χ1) is 11.3. The number of rotatable bonds is 5. The molecule has 2 rings (SSSR count). The van der Waals surface area contributed by atoms with E-state index in [2.05, 4.69) is 6.92 Å². The number of carbonyl (C=O) groups excluding carboxylic acids is 1. The SMILES string of the molecule is CCC1CCCCN1C(=O)c1ccc(OC)c(S(=O)(=O)N(C)C)c1. The van der Waals surface area contributed by atoms with Crippen LogP contribution >= 0.6 is 0 Å². The summed E-state index contributed by atoms with van der Waals surface area (Å²) >= 11 is 0. The summed E-state index contributed by atoms with van der Waals surface area (Å²) in [5.41, 5.74) is 0.386. The van der Waals surface area contributed by atoms with E-state index in [4.69, 9.17) is 4.74 Å². The van der Waals surface area contributed by atoms with E-state index in [0.717, 1.165) is 36.5 Å². The average molecular weight is 354 g/mol. The van der Waals surface area contributed by atoms with E-state index in [9.17, 15) is 13.2 Å². The van der Waals surface area contributed by atoms with E-state index in [-0.39, 0.29) is 22.6 Å². The number of ether oxygens (including phenoxy) is 1. The third kappa shape index (κ3) is 3.57. The number of likely N-dealkylation sites (tertiary alicyclic amines) is 1. The molecule has 0 aromatic heterocycles. The number of benzene rings is 1. The van der Waals surface area contributed by atoms with Crippen LogP contribution in [0.1, 0.15) is 43.0 Å². The van der Waals surface area contributed by atoms with E-state index in [1.165, 1.54) is 27.3 Å². The molecule has 7 heteroatoms. The first-order valence-corrected chi connectivity index (χ1v) is 9.68. The second-order valence-corrected chi connectivity index (χ2v) is 8.33. The van der Waals surface area contributed by atoms with Gasteiger partial charge in [0.05, 0.1) is 7.11 Å². The number of hydrogen-bond donors (Lipinski definition) is 0. The third-order valence-electron chi connectivity index (χ3n) is 4.53. The molecule has 6 nitrogen and oxygen atoms in total. The van der Waals surface area contributed by atoms with Crippen LogP contribution in [0.15, 0.2) is 23.1 Å². The van der Waals surface area contributed by atoms with Crippen molar-refractivity contribution in [2.75, 3.05) is 27.7 Å². The highest BCUT2D eigenvalue weighted by atomic mass is 32.2. The van der Waals surface area contributed by atoms with Crippen molar-refractivity contribution in [1.82, 2.24) is 9.21 Å². The molecule has 1 heterocycles. The van der Waals surface area contributed by atoms with Crippen LogP contribution in [0, 0.1) is 0 Å². The predicted octanol–water partition coefficient (Wildman–Crippen LogP) is 2.35. The van der Waals surface area contributed by atoms with Gasteiger partial charge in [-0.3, -0.25) is 4.79 Å². The standard InChI is InChI=1S/C17H26N2O4S/c1-5-14-8-6-7-11-19(14)17(20)13-9-10-15(23-4)16(12-13)24(21,22)18(2)3/h9-10,12,14H,5-8,11H2,1-4H3. The first-order valence-electron chi connectivity index (χ1n) is 8.24. The van der Waals surface area contributed by atoms with Gasteiger partial charge in [-0.15, -0.1) is 0 Å². The molecule has 1 aromatic rings. The summed E-state index contributed by atoms with van der Waals surface area (Å²) in [5.74, 6) is 0.130. The van der Waals surface area contributed by atoms with Gasteiger partial charge in [0.25, 0.3) is 5.91 Å². The zero-order valence-electron chi connectivity index (χ0n) is 14.8. The Morgan fingerprint density at radius 3 is 2.62 bits per heavy atom. The number of carbonyl (C=O) groups is 1. The molecular formula is C17H26N2O4S. The van der Waals surface area contributed by atoms with Gasteiger partial charge in [0, 0.05) is 32.2 Å². The van der Waals surface area contributed by atoms with Crippen LogP contribution in [0.3, 0.4) is 0 Å². The summed E-state index contributed by atoms with van der Waals surface area (Å²) in [4.78, 5) is 14.8. The van der Waals surface area contributed by atoms with Gasteiger partial charge in [-0.1, -0.05) is 6.92 Å². The maximum Gasteiger partial charge on any atom is 0.254 e. The van der Waals surface area contributed by atoms with Crippen molar-refractivity contribution < 1.29 is 17.9 Å². The van der Waals surface area contributed by atoms with Crippen LogP contribution in [0.5, 0.6) is 5.75 Å². The van der Waals surface area contributed by atoms with Gasteiger partial charge in [-0.05, 0) is 43.9 Å². The highest BCUT2D eigenvalue weighted by Crippen LogP contribution is 2.29. The summed E-state index contributed by atoms with van der Waals surface area (Å²) in [7, 11) is 0.651. The molecule has 1 unspecified atom stereocenters. The normalized spacial score (nSPS) is 18.7. The first kappa shape index (κ1) is 18.7. The molecule has 1 saturated heterocycles. The molecule has 0 radical (unpaired) electrons. The molecule has 1 aliphatic heterocycles. The summed E-state index contributed by atoms with van der Waals surface area (Å²) in [6.07, 6.45) is 4.03. The van der Waals surface area contributed by atoms with E-state index >= 15 is 0 Å². The van der Waals surface area contributed by atoms with Gasteiger partial charge in [-0.2, -0.15) is 0 Å². The monoisotopic (exact) mass is 354 g/mol. The molecule has 0 saturated carbocycles. The molecule has 0 bridgehead atoms. The van der Waals surface area contributed by atoms with E-state index < -0.39 is 10.0 Å². The van der Waals surface area contributed by atoms with Crippen LogP contribution in [-0.2, 0) is 10.0 Å². The number of nitrogens with zero attached hydrogens (tertiary/aromatic N) is 2. The van der Waals surface area contributed by atoms with Gasteiger partial charge in [0.2, 0.25) is 10.0 Å². The molecule has 1 aromatic carbocycles. The highest BCUT2D eigenvalue weighted by molar-refractivity contribution is 7.89. The van der Waals surface area contributed by atoms with Crippen molar-refractivity contribution in [2.45, 2.75) is 43.5 Å². The van der Waals surface area contributed by atoms with Crippen LogP contribution in [0.2, 0.25) is 0 Å². The topological polar surface area (TPSA) is 66.9 Å². The number of methoxy groups -OCH3 is 1. The molecule has 1 aliphatic rings. The minimum atomic E-state index is -3.69. The Kier molecular flexibility index (Phi) is 5.87. The second-order valence-electron chi connectivity index (χ2n) is 6.21. The molecule has 0 spiro atoms. The zero-order chi connectivity index (χ0) is 17.9. The molecule has 0 N–H and O–H groups in total. The molecule has 1 fully saturated rings. The molecule has 134 valence electrons. The number of hydrogen-bond acceptors (Lipinski definition) is 4. The minimum absolute atomic E-state index is 0.0194. The van der Waals surface area contributed by atoms with Crippen molar-refractivity contribution in [1.29, 1.82) is 0 Å². The zero-order valence-corrected chi connectivity index (χ0v) is 15.6. The lowest BCUT2D eigenvalue weighted by atomic mass is 9.99. The van der Waals surface area contributed by atoms with Gasteiger partial charge in [0.1, 0.15) is 10.6 Å². The summed E-state index contributed by atoms with van der Waals surface area (Å²) in [5, 5.41) is 0. The van der Waals surface area contributed by atoms with E-state index in [0.29, 0.717) is 5.56 Å². The van der Waals surface area contributed by atoms with E-state index in [1.54, 1.807) is 12.1 Å². The Labute approximate surface area is 144 Å². The highest BCUT2D eigenvalue weighted by Gasteiger charge is 2.29. The summed E-state index contributed by atoms with van der Waals surface area (Å²) < 4.78 is 31.3. The lowest BCUT2D eigenvalue weighted by molar-refractivity contribution is 0.0607. The fourth-order valence-corrected chi connectivity index (χ4v) is 4.14. The fourth-order valence-electron chi connectivity index (χ4n) is 3.07. The Hall–Kier alpha value is -1.60. The Morgan fingerprint density at radius 2 is 2.04 bits per heavy atom. The third-order valence-corrected chi connectivity index (χ3v) is 6.36. The molecule has 24 heavy (non-hydrogen) atoms. The maximum atomic E-state index is 12.9. The maximum absolute atomic E-state index is 12.9. The van der Waals surface area contributed by atoms with Gasteiger partial charge >= 0.3 is 0 Å². The van der Waals surface area contributed by atoms with Crippen molar-refractivity contribution >= 4 is 15.9 Å². The largest absolute Gasteiger partial charge is 0.495 e. The van der Waals surface area contributed by atoms with Crippen LogP contribution in [-0.4, -0.2) is 57.3 Å².